The van der Waals surface area contributed by atoms with E-state index >= 15 is 0 Å². The Morgan fingerprint density at radius 2 is 1.90 bits per heavy atom. The molecule has 1 aromatic carbocycles. The number of morpholine rings is 1. The van der Waals surface area contributed by atoms with E-state index in [1.54, 1.807) is 6.26 Å². The summed E-state index contributed by atoms with van der Waals surface area (Å²) in [5.74, 6) is 0. The first-order chi connectivity index (χ1) is 9.86. The van der Waals surface area contributed by atoms with Crippen molar-refractivity contribution in [2.24, 2.45) is 0 Å². The minimum absolute atomic E-state index is 0.846. The van der Waals surface area contributed by atoms with Crippen LogP contribution < -0.4 is 0 Å². The minimum Gasteiger partial charge on any atom is -0.379 e. The average Bonchev–Trinajstić information content (AvgIpc) is 2.98. The molecule has 4 nitrogen and oxygen atoms in total. The average molecular weight is 272 g/mol. The number of hydrogen-bond acceptors (Lipinski definition) is 4. The van der Waals surface area contributed by atoms with Crippen LogP contribution in [0.4, 0.5) is 0 Å². The van der Waals surface area contributed by atoms with Crippen LogP contribution in [0.3, 0.4) is 0 Å². The second kappa shape index (κ2) is 6.20. The minimum atomic E-state index is 0.846. The fraction of sp³-hybridized carbons (Fsp3) is 0.438. The molecule has 2 heterocycles. The number of benzene rings is 1. The number of nitrogens with zero attached hydrogens (tertiary/aromatic N) is 2. The molecule has 1 aromatic heterocycles. The summed E-state index contributed by atoms with van der Waals surface area (Å²) in [6, 6.07) is 8.69. The summed E-state index contributed by atoms with van der Waals surface area (Å²) >= 11 is 0. The number of aromatic nitrogens is 1. The summed E-state index contributed by atoms with van der Waals surface area (Å²) in [5.41, 5.74) is 4.63. The van der Waals surface area contributed by atoms with Crippen LogP contribution >= 0.6 is 0 Å². The number of ether oxygens (including phenoxy) is 1. The summed E-state index contributed by atoms with van der Waals surface area (Å²) in [6.07, 6.45) is 2.62. The van der Waals surface area contributed by atoms with Crippen molar-refractivity contribution in [1.82, 2.24) is 10.1 Å². The summed E-state index contributed by atoms with van der Waals surface area (Å²) in [4.78, 5) is 2.43. The van der Waals surface area contributed by atoms with E-state index in [1.165, 1.54) is 11.1 Å². The number of rotatable bonds is 4. The molecule has 2 aromatic rings. The Hall–Kier alpha value is -1.65. The van der Waals surface area contributed by atoms with Crippen molar-refractivity contribution in [3.05, 3.63) is 41.8 Å². The highest BCUT2D eigenvalue weighted by atomic mass is 16.5. The topological polar surface area (TPSA) is 38.5 Å². The van der Waals surface area contributed by atoms with Gasteiger partial charge in [-0.3, -0.25) is 4.90 Å². The van der Waals surface area contributed by atoms with E-state index in [-0.39, 0.29) is 0 Å². The van der Waals surface area contributed by atoms with Gasteiger partial charge in [-0.25, -0.2) is 0 Å². The third-order valence-corrected chi connectivity index (χ3v) is 3.75. The molecule has 3 rings (SSSR count). The molecule has 0 N–H and O–H groups in total. The van der Waals surface area contributed by atoms with E-state index < -0.39 is 0 Å². The first-order valence-electron chi connectivity index (χ1n) is 7.19. The molecular formula is C16H20N2O2. The van der Waals surface area contributed by atoms with E-state index in [0.717, 1.165) is 50.5 Å². The third-order valence-electron chi connectivity index (χ3n) is 3.75. The lowest BCUT2D eigenvalue weighted by Gasteiger charge is -2.26. The van der Waals surface area contributed by atoms with E-state index in [1.807, 2.05) is 0 Å². The predicted octanol–water partition coefficient (Wildman–Crippen LogP) is 2.74. The van der Waals surface area contributed by atoms with Crippen LogP contribution in [-0.2, 0) is 17.7 Å². The lowest BCUT2D eigenvalue weighted by atomic mass is 10.0. The summed E-state index contributed by atoms with van der Waals surface area (Å²) < 4.78 is 10.4. The molecule has 0 unspecified atom stereocenters. The highest BCUT2D eigenvalue weighted by Crippen LogP contribution is 2.24. The Labute approximate surface area is 119 Å². The molecule has 1 aliphatic heterocycles. The summed E-state index contributed by atoms with van der Waals surface area (Å²) in [5, 5.41) is 4.03. The summed E-state index contributed by atoms with van der Waals surface area (Å²) in [7, 11) is 0. The first kappa shape index (κ1) is 13.3. The smallest absolute Gasteiger partial charge is 0.131 e. The second-order valence-corrected chi connectivity index (χ2v) is 5.11. The number of hydrogen-bond donors (Lipinski definition) is 0. The molecule has 0 atom stereocenters. The summed E-state index contributed by atoms with van der Waals surface area (Å²) in [6.45, 7) is 6.82. The van der Waals surface area contributed by atoms with Crippen LogP contribution in [0, 0.1) is 0 Å². The Balaban J connectivity index is 1.71. The Morgan fingerprint density at radius 3 is 2.60 bits per heavy atom. The first-order valence-corrected chi connectivity index (χ1v) is 7.19. The molecule has 0 bridgehead atoms. The molecule has 0 saturated carbocycles. The van der Waals surface area contributed by atoms with Gasteiger partial charge in [-0.15, -0.1) is 0 Å². The fourth-order valence-electron chi connectivity index (χ4n) is 2.56. The van der Waals surface area contributed by atoms with E-state index in [9.17, 15) is 0 Å². The van der Waals surface area contributed by atoms with Gasteiger partial charge >= 0.3 is 0 Å². The van der Waals surface area contributed by atoms with Crippen molar-refractivity contribution in [2.45, 2.75) is 19.9 Å². The lowest BCUT2D eigenvalue weighted by molar-refractivity contribution is 0.0342. The van der Waals surface area contributed by atoms with Gasteiger partial charge in [0.1, 0.15) is 6.26 Å². The lowest BCUT2D eigenvalue weighted by Crippen LogP contribution is -2.35. The van der Waals surface area contributed by atoms with Crippen LogP contribution in [-0.4, -0.2) is 36.4 Å². The molecule has 0 amide bonds. The van der Waals surface area contributed by atoms with Gasteiger partial charge in [-0.2, -0.15) is 0 Å². The Morgan fingerprint density at radius 1 is 1.15 bits per heavy atom. The van der Waals surface area contributed by atoms with Crippen molar-refractivity contribution < 1.29 is 9.26 Å². The molecule has 0 radical (unpaired) electrons. The monoisotopic (exact) mass is 272 g/mol. The maximum absolute atomic E-state index is 5.37. The normalized spacial score (nSPS) is 16.4. The highest BCUT2D eigenvalue weighted by molar-refractivity contribution is 5.64. The highest BCUT2D eigenvalue weighted by Gasteiger charge is 2.11. The molecule has 106 valence electrons. The molecule has 0 aliphatic carbocycles. The van der Waals surface area contributed by atoms with E-state index in [2.05, 4.69) is 41.2 Å². The Kier molecular flexibility index (Phi) is 4.14. The predicted molar refractivity (Wildman–Crippen MR) is 77.4 cm³/mol. The van der Waals surface area contributed by atoms with Crippen molar-refractivity contribution in [2.75, 3.05) is 26.3 Å². The van der Waals surface area contributed by atoms with Gasteiger partial charge in [-0.05, 0) is 17.5 Å². The maximum atomic E-state index is 5.37. The van der Waals surface area contributed by atoms with E-state index in [4.69, 9.17) is 9.26 Å². The van der Waals surface area contributed by atoms with Crippen LogP contribution in [0.5, 0.6) is 0 Å². The van der Waals surface area contributed by atoms with Gasteiger partial charge in [0.25, 0.3) is 0 Å². The number of aryl methyl sites for hydroxylation is 1. The van der Waals surface area contributed by atoms with Crippen molar-refractivity contribution in [3.63, 3.8) is 0 Å². The molecule has 1 saturated heterocycles. The van der Waals surface area contributed by atoms with E-state index in [0.29, 0.717) is 0 Å². The van der Waals surface area contributed by atoms with Crippen LogP contribution in [0.2, 0.25) is 0 Å². The molecule has 20 heavy (non-hydrogen) atoms. The molecule has 4 heteroatoms. The van der Waals surface area contributed by atoms with Gasteiger partial charge in [0.2, 0.25) is 0 Å². The van der Waals surface area contributed by atoms with Gasteiger partial charge in [0.15, 0.2) is 0 Å². The van der Waals surface area contributed by atoms with Crippen molar-refractivity contribution >= 4 is 0 Å². The van der Waals surface area contributed by atoms with Crippen molar-refractivity contribution in [1.29, 1.82) is 0 Å². The van der Waals surface area contributed by atoms with Crippen LogP contribution in [0.1, 0.15) is 18.2 Å². The SMILES string of the molecule is CCc1nocc1-c1ccc(CN2CCOCC2)cc1. The largest absolute Gasteiger partial charge is 0.379 e. The fourth-order valence-corrected chi connectivity index (χ4v) is 2.56. The zero-order valence-corrected chi connectivity index (χ0v) is 11.8. The van der Waals surface area contributed by atoms with Gasteiger partial charge in [-0.1, -0.05) is 36.3 Å². The van der Waals surface area contributed by atoms with Crippen LogP contribution in [0.15, 0.2) is 35.1 Å². The molecular weight excluding hydrogens is 252 g/mol. The maximum Gasteiger partial charge on any atom is 0.131 e. The molecule has 0 spiro atoms. The molecule has 1 fully saturated rings. The zero-order chi connectivity index (χ0) is 13.8. The zero-order valence-electron chi connectivity index (χ0n) is 11.8. The van der Waals surface area contributed by atoms with Gasteiger partial charge < -0.3 is 9.26 Å². The van der Waals surface area contributed by atoms with Crippen molar-refractivity contribution in [3.8, 4) is 11.1 Å². The van der Waals surface area contributed by atoms with Gasteiger partial charge in [0.05, 0.1) is 18.9 Å². The standard InChI is InChI=1S/C16H20N2O2/c1-2-16-15(12-20-17-16)14-5-3-13(4-6-14)11-18-7-9-19-10-8-18/h3-6,12H,2,7-11H2,1H3. The van der Waals surface area contributed by atoms with Crippen LogP contribution in [0.25, 0.3) is 11.1 Å². The van der Waals surface area contributed by atoms with Gasteiger partial charge in [0, 0.05) is 25.2 Å². The second-order valence-electron chi connectivity index (χ2n) is 5.11. The molecule has 1 aliphatic rings. The Bertz CT molecular complexity index is 542. The third kappa shape index (κ3) is 2.92. The quantitative estimate of drug-likeness (QED) is 0.858.